The summed E-state index contributed by atoms with van der Waals surface area (Å²) in [6.07, 6.45) is 0.563. The van der Waals surface area contributed by atoms with Crippen LogP contribution < -0.4 is 4.74 Å². The molecule has 0 saturated heterocycles. The first-order valence-electron chi connectivity index (χ1n) is 6.92. The van der Waals surface area contributed by atoms with Gasteiger partial charge in [0.15, 0.2) is 0 Å². The lowest BCUT2D eigenvalue weighted by atomic mass is 9.96. The summed E-state index contributed by atoms with van der Waals surface area (Å²) in [4.78, 5) is 0. The van der Waals surface area contributed by atoms with Gasteiger partial charge in [0.05, 0.1) is 30.2 Å². The molecule has 0 aliphatic heterocycles. The maximum Gasteiger partial charge on any atom is 0.122 e. The van der Waals surface area contributed by atoms with Crippen LogP contribution in [-0.4, -0.2) is 6.61 Å². The van der Waals surface area contributed by atoms with Crippen molar-refractivity contribution in [2.45, 2.75) is 19.3 Å². The van der Waals surface area contributed by atoms with E-state index >= 15 is 0 Å². The Morgan fingerprint density at radius 1 is 1.18 bits per heavy atom. The minimum atomic E-state index is -0.291. The number of nitrogens with zero attached hydrogens (tertiary/aromatic N) is 2. The van der Waals surface area contributed by atoms with E-state index in [4.69, 9.17) is 21.6 Å². The van der Waals surface area contributed by atoms with Crippen molar-refractivity contribution in [2.24, 2.45) is 0 Å². The number of ether oxygens (including phenoxy) is 1. The van der Waals surface area contributed by atoms with Crippen LogP contribution >= 0.6 is 11.6 Å². The zero-order valence-corrected chi connectivity index (χ0v) is 13.0. The number of halogens is 1. The number of rotatable bonds is 5. The monoisotopic (exact) mass is 310 g/mol. The fourth-order valence-corrected chi connectivity index (χ4v) is 2.42. The van der Waals surface area contributed by atoms with Crippen molar-refractivity contribution in [3.8, 4) is 17.9 Å². The van der Waals surface area contributed by atoms with Crippen LogP contribution in [0.25, 0.3) is 0 Å². The van der Waals surface area contributed by atoms with E-state index in [9.17, 15) is 5.26 Å². The number of hydrogen-bond donors (Lipinski definition) is 0. The van der Waals surface area contributed by atoms with Crippen LogP contribution in [0.1, 0.15) is 29.0 Å². The highest BCUT2D eigenvalue weighted by Gasteiger charge is 2.12. The van der Waals surface area contributed by atoms with Crippen molar-refractivity contribution in [3.63, 3.8) is 0 Å². The fraction of sp³-hybridized carbons (Fsp3) is 0.222. The second-order valence-electron chi connectivity index (χ2n) is 4.97. The molecule has 0 aromatic heterocycles. The Hall–Kier alpha value is -2.49. The first-order chi connectivity index (χ1) is 10.6. The Morgan fingerprint density at radius 3 is 2.68 bits per heavy atom. The summed E-state index contributed by atoms with van der Waals surface area (Å²) in [5.41, 5.74) is 2.37. The summed E-state index contributed by atoms with van der Waals surface area (Å²) < 4.78 is 5.73. The summed E-state index contributed by atoms with van der Waals surface area (Å²) in [5, 5.41) is 18.9. The van der Waals surface area contributed by atoms with Gasteiger partial charge in [-0.1, -0.05) is 23.7 Å². The van der Waals surface area contributed by atoms with E-state index in [1.165, 1.54) is 0 Å². The lowest BCUT2D eigenvalue weighted by Crippen LogP contribution is -2.05. The summed E-state index contributed by atoms with van der Waals surface area (Å²) in [7, 11) is 0. The lowest BCUT2D eigenvalue weighted by Gasteiger charge is -2.12. The molecule has 0 heterocycles. The molecular weight excluding hydrogens is 296 g/mol. The molecule has 4 heteroatoms. The molecule has 3 nitrogen and oxygen atoms in total. The molecule has 0 radical (unpaired) electrons. The number of nitriles is 2. The third-order valence-corrected chi connectivity index (χ3v) is 3.61. The first kappa shape index (κ1) is 15.9. The van der Waals surface area contributed by atoms with Gasteiger partial charge in [0.2, 0.25) is 0 Å². The van der Waals surface area contributed by atoms with Gasteiger partial charge in [-0.05, 0) is 48.4 Å². The molecule has 0 amide bonds. The number of hydrogen-bond acceptors (Lipinski definition) is 3. The van der Waals surface area contributed by atoms with Gasteiger partial charge in [-0.15, -0.1) is 0 Å². The Kier molecular flexibility index (Phi) is 5.42. The smallest absolute Gasteiger partial charge is 0.122 e. The zero-order valence-electron chi connectivity index (χ0n) is 12.2. The average Bonchev–Trinajstić information content (AvgIpc) is 2.53. The molecule has 0 saturated carbocycles. The summed E-state index contributed by atoms with van der Waals surface area (Å²) in [5.74, 6) is 0.479. The Labute approximate surface area is 135 Å². The van der Waals surface area contributed by atoms with E-state index in [1.54, 1.807) is 24.3 Å². The predicted octanol–water partition coefficient (Wildman–Crippen LogP) is 4.60. The van der Waals surface area contributed by atoms with Crippen LogP contribution in [0.3, 0.4) is 0 Å². The predicted molar refractivity (Wildman–Crippen MR) is 85.8 cm³/mol. The molecule has 0 bridgehead atoms. The highest BCUT2D eigenvalue weighted by atomic mass is 35.5. The molecule has 0 aliphatic carbocycles. The molecule has 1 atom stereocenters. The van der Waals surface area contributed by atoms with Crippen LogP contribution in [0, 0.1) is 29.6 Å². The van der Waals surface area contributed by atoms with Gasteiger partial charge in [-0.3, -0.25) is 0 Å². The molecule has 2 rings (SSSR count). The van der Waals surface area contributed by atoms with Gasteiger partial charge < -0.3 is 4.74 Å². The van der Waals surface area contributed by atoms with Crippen LogP contribution in [-0.2, 0) is 0 Å². The molecule has 0 aliphatic rings. The SMILES string of the molecule is Cc1cc(Cl)ccc1OCCC(C#N)c1cccc(C#N)c1. The van der Waals surface area contributed by atoms with Gasteiger partial charge in [-0.25, -0.2) is 0 Å². The summed E-state index contributed by atoms with van der Waals surface area (Å²) in [6.45, 7) is 2.36. The summed E-state index contributed by atoms with van der Waals surface area (Å²) in [6, 6.07) is 16.9. The Morgan fingerprint density at radius 2 is 2.00 bits per heavy atom. The molecule has 110 valence electrons. The lowest BCUT2D eigenvalue weighted by molar-refractivity contribution is 0.304. The molecule has 1 unspecified atom stereocenters. The van der Waals surface area contributed by atoms with Crippen LogP contribution in [0.4, 0.5) is 0 Å². The molecule has 22 heavy (non-hydrogen) atoms. The van der Waals surface area contributed by atoms with Crippen LogP contribution in [0.2, 0.25) is 5.02 Å². The van der Waals surface area contributed by atoms with Crippen molar-refractivity contribution in [3.05, 3.63) is 64.2 Å². The third kappa shape index (κ3) is 4.01. The second kappa shape index (κ2) is 7.50. The zero-order chi connectivity index (χ0) is 15.9. The quantitative estimate of drug-likeness (QED) is 0.811. The van der Waals surface area contributed by atoms with Gasteiger partial charge in [-0.2, -0.15) is 10.5 Å². The summed E-state index contributed by atoms with van der Waals surface area (Å²) >= 11 is 5.91. The maximum absolute atomic E-state index is 9.33. The van der Waals surface area contributed by atoms with Gasteiger partial charge in [0.1, 0.15) is 5.75 Å². The maximum atomic E-state index is 9.33. The highest BCUT2D eigenvalue weighted by Crippen LogP contribution is 2.24. The van der Waals surface area contributed by atoms with E-state index in [2.05, 4.69) is 12.1 Å². The highest BCUT2D eigenvalue weighted by molar-refractivity contribution is 6.30. The normalized spacial score (nSPS) is 11.3. The number of benzene rings is 2. The standard InChI is InChI=1S/C18H15ClN2O/c1-13-9-17(19)5-6-18(13)22-8-7-16(12-21)15-4-2-3-14(10-15)11-20/h2-6,9-10,16H,7-8H2,1H3. The van der Waals surface area contributed by atoms with Gasteiger partial charge >= 0.3 is 0 Å². The largest absolute Gasteiger partial charge is 0.493 e. The van der Waals surface area contributed by atoms with E-state index in [-0.39, 0.29) is 5.92 Å². The van der Waals surface area contributed by atoms with Gasteiger partial charge in [0.25, 0.3) is 0 Å². The first-order valence-corrected chi connectivity index (χ1v) is 7.30. The Balaban J connectivity index is 2.00. The van der Waals surface area contributed by atoms with E-state index in [0.29, 0.717) is 23.6 Å². The van der Waals surface area contributed by atoms with E-state index in [0.717, 1.165) is 16.9 Å². The molecule has 2 aromatic carbocycles. The van der Waals surface area contributed by atoms with Crippen molar-refractivity contribution in [1.82, 2.24) is 0 Å². The van der Waals surface area contributed by atoms with Crippen molar-refractivity contribution >= 4 is 11.6 Å². The van der Waals surface area contributed by atoms with Crippen LogP contribution in [0.15, 0.2) is 42.5 Å². The molecular formula is C18H15ClN2O. The minimum absolute atomic E-state index is 0.291. The second-order valence-corrected chi connectivity index (χ2v) is 5.40. The van der Waals surface area contributed by atoms with Crippen molar-refractivity contribution in [1.29, 1.82) is 10.5 Å². The minimum Gasteiger partial charge on any atom is -0.493 e. The van der Waals surface area contributed by atoms with Crippen LogP contribution in [0.5, 0.6) is 5.75 Å². The van der Waals surface area contributed by atoms with E-state index in [1.807, 2.05) is 25.1 Å². The van der Waals surface area contributed by atoms with Crippen molar-refractivity contribution < 1.29 is 4.74 Å². The number of aryl methyl sites for hydroxylation is 1. The van der Waals surface area contributed by atoms with Gasteiger partial charge in [0, 0.05) is 11.4 Å². The fourth-order valence-electron chi connectivity index (χ4n) is 2.19. The molecule has 2 aromatic rings. The third-order valence-electron chi connectivity index (χ3n) is 3.38. The molecule has 0 spiro atoms. The van der Waals surface area contributed by atoms with E-state index < -0.39 is 0 Å². The average molecular weight is 311 g/mol. The molecule has 0 fully saturated rings. The topological polar surface area (TPSA) is 56.8 Å². The Bertz CT molecular complexity index is 743. The molecule has 0 N–H and O–H groups in total. The van der Waals surface area contributed by atoms with Crippen molar-refractivity contribution in [2.75, 3.05) is 6.61 Å².